The molecule has 0 heterocycles. The first-order valence-corrected chi connectivity index (χ1v) is 4.89. The van der Waals surface area contributed by atoms with Crippen molar-refractivity contribution >= 4 is 15.9 Å². The van der Waals surface area contributed by atoms with Gasteiger partial charge in [0.25, 0.3) is 0 Å². The summed E-state index contributed by atoms with van der Waals surface area (Å²) in [6, 6.07) is 0. The van der Waals surface area contributed by atoms with Crippen LogP contribution in [0.15, 0.2) is 0 Å². The molecule has 0 aliphatic heterocycles. The van der Waals surface area contributed by atoms with Crippen LogP contribution in [0, 0.1) is 5.41 Å². The average molecular weight is 229 g/mol. The van der Waals surface area contributed by atoms with E-state index in [1.54, 1.807) is 0 Å². The molecule has 0 aromatic rings. The lowest BCUT2D eigenvalue weighted by atomic mass is 9.84. The number of hydrogen-bond donors (Lipinski definition) is 0. The fourth-order valence-corrected chi connectivity index (χ4v) is 1.61. The van der Waals surface area contributed by atoms with Crippen molar-refractivity contribution in [1.82, 2.24) is 0 Å². The van der Waals surface area contributed by atoms with Crippen LogP contribution in [0.1, 0.15) is 33.6 Å². The molecule has 0 saturated heterocycles. The van der Waals surface area contributed by atoms with Gasteiger partial charge in [-0.3, -0.25) is 0 Å². The van der Waals surface area contributed by atoms with E-state index >= 15 is 0 Å². The summed E-state index contributed by atoms with van der Waals surface area (Å²) in [5.41, 5.74) is -0.266. The average Bonchev–Trinajstić information content (AvgIpc) is 1.84. The Labute approximate surface area is 75.5 Å². The van der Waals surface area contributed by atoms with Crippen molar-refractivity contribution < 1.29 is 8.78 Å². The summed E-state index contributed by atoms with van der Waals surface area (Å²) >= 11 is 3.25. The van der Waals surface area contributed by atoms with Crippen LogP contribution in [0.3, 0.4) is 0 Å². The largest absolute Gasteiger partial charge is 0.246 e. The van der Waals surface area contributed by atoms with Crippen LogP contribution in [0.5, 0.6) is 0 Å². The molecule has 0 spiro atoms. The molecule has 0 aromatic carbocycles. The van der Waals surface area contributed by atoms with Gasteiger partial charge in [0.1, 0.15) is 0 Å². The van der Waals surface area contributed by atoms with Gasteiger partial charge in [0.05, 0.1) is 0 Å². The summed E-state index contributed by atoms with van der Waals surface area (Å²) in [7, 11) is 0. The zero-order chi connectivity index (χ0) is 9.12. The minimum absolute atomic E-state index is 0.0399. The van der Waals surface area contributed by atoms with Crippen molar-refractivity contribution in [2.75, 3.05) is 5.33 Å². The zero-order valence-electron chi connectivity index (χ0n) is 7.26. The lowest BCUT2D eigenvalue weighted by Crippen LogP contribution is -2.26. The normalized spacial score (nSPS) is 18.0. The molecule has 0 N–H and O–H groups in total. The van der Waals surface area contributed by atoms with E-state index in [1.165, 1.54) is 0 Å². The molecule has 68 valence electrons. The van der Waals surface area contributed by atoms with Gasteiger partial charge in [-0.2, -0.15) is 0 Å². The van der Waals surface area contributed by atoms with Gasteiger partial charge >= 0.3 is 0 Å². The summed E-state index contributed by atoms with van der Waals surface area (Å²) in [6.07, 6.45) is 0.740. The predicted octanol–water partition coefficient (Wildman–Crippen LogP) is 3.84. The third kappa shape index (κ3) is 4.72. The number of hydrogen-bond acceptors (Lipinski definition) is 0. The van der Waals surface area contributed by atoms with Gasteiger partial charge in [-0.15, -0.1) is 0 Å². The predicted molar refractivity (Wildman–Crippen MR) is 47.4 cm³/mol. The van der Waals surface area contributed by atoms with Crippen molar-refractivity contribution in [3.63, 3.8) is 0 Å². The molecule has 0 aliphatic carbocycles. The van der Waals surface area contributed by atoms with Crippen LogP contribution >= 0.6 is 15.9 Å². The molecule has 0 nitrogen and oxygen atoms in total. The highest BCUT2D eigenvalue weighted by molar-refractivity contribution is 9.09. The molecule has 11 heavy (non-hydrogen) atoms. The molecular formula is C8H15BrF2. The molecule has 0 amide bonds. The summed E-state index contributed by atoms with van der Waals surface area (Å²) in [4.78, 5) is 0. The minimum atomic E-state index is -2.54. The molecular weight excluding hydrogens is 214 g/mol. The van der Waals surface area contributed by atoms with Gasteiger partial charge < -0.3 is 0 Å². The van der Waals surface area contributed by atoms with E-state index in [4.69, 9.17) is 0 Å². The SMILES string of the molecule is CCC(C)(CBr)CC(C)(F)F. The molecule has 0 saturated carbocycles. The van der Waals surface area contributed by atoms with E-state index in [1.807, 2.05) is 13.8 Å². The lowest BCUT2D eigenvalue weighted by molar-refractivity contribution is -0.0204. The molecule has 0 aliphatic rings. The fourth-order valence-electron chi connectivity index (χ4n) is 1.02. The van der Waals surface area contributed by atoms with Gasteiger partial charge in [-0.1, -0.05) is 29.8 Å². The van der Waals surface area contributed by atoms with Crippen LogP contribution in [-0.2, 0) is 0 Å². The molecule has 1 atom stereocenters. The molecule has 0 aromatic heterocycles. The smallest absolute Gasteiger partial charge is 0.207 e. The van der Waals surface area contributed by atoms with Crippen molar-refractivity contribution in [1.29, 1.82) is 0 Å². The maximum atomic E-state index is 12.6. The van der Waals surface area contributed by atoms with Crippen LogP contribution in [0.2, 0.25) is 0 Å². The first-order chi connectivity index (χ1) is 4.83. The maximum absolute atomic E-state index is 12.6. The van der Waals surface area contributed by atoms with Gasteiger partial charge in [0.2, 0.25) is 5.92 Å². The van der Waals surface area contributed by atoms with Gasteiger partial charge in [-0.25, -0.2) is 8.78 Å². The summed E-state index contributed by atoms with van der Waals surface area (Å²) in [6.45, 7) is 4.79. The van der Waals surface area contributed by atoms with Crippen LogP contribution in [0.4, 0.5) is 8.78 Å². The fraction of sp³-hybridized carbons (Fsp3) is 1.00. The Morgan fingerprint density at radius 3 is 1.82 bits per heavy atom. The first-order valence-electron chi connectivity index (χ1n) is 3.77. The summed E-state index contributed by atoms with van der Waals surface area (Å²) in [5, 5.41) is 0.639. The molecule has 3 heteroatoms. The highest BCUT2D eigenvalue weighted by Crippen LogP contribution is 2.35. The molecule has 0 bridgehead atoms. The Bertz CT molecular complexity index is 114. The minimum Gasteiger partial charge on any atom is -0.207 e. The molecule has 0 fully saturated rings. The topological polar surface area (TPSA) is 0 Å². The second-order valence-corrected chi connectivity index (χ2v) is 4.11. The third-order valence-electron chi connectivity index (χ3n) is 1.91. The highest BCUT2D eigenvalue weighted by Gasteiger charge is 2.33. The van der Waals surface area contributed by atoms with Crippen molar-refractivity contribution in [3.05, 3.63) is 0 Å². The standard InChI is InChI=1S/C8H15BrF2/c1-4-7(2,6-9)5-8(3,10)11/h4-6H2,1-3H3. The van der Waals surface area contributed by atoms with Crippen molar-refractivity contribution in [2.45, 2.75) is 39.5 Å². The number of rotatable bonds is 4. The Balaban J connectivity index is 4.08. The summed E-state index contributed by atoms with van der Waals surface area (Å²) < 4.78 is 25.1. The second-order valence-electron chi connectivity index (χ2n) is 3.54. The maximum Gasteiger partial charge on any atom is 0.246 e. The van der Waals surface area contributed by atoms with Gasteiger partial charge in [0.15, 0.2) is 0 Å². The zero-order valence-corrected chi connectivity index (χ0v) is 8.84. The third-order valence-corrected chi connectivity index (χ3v) is 3.27. The van der Waals surface area contributed by atoms with Crippen molar-refractivity contribution in [3.8, 4) is 0 Å². The molecule has 0 radical (unpaired) electrons. The van der Waals surface area contributed by atoms with Crippen molar-refractivity contribution in [2.24, 2.45) is 5.41 Å². The Kier molecular flexibility index (Phi) is 3.95. The lowest BCUT2D eigenvalue weighted by Gasteiger charge is -2.28. The first kappa shape index (κ1) is 11.3. The van der Waals surface area contributed by atoms with Gasteiger partial charge in [-0.05, 0) is 18.8 Å². The number of halogens is 3. The van der Waals surface area contributed by atoms with Gasteiger partial charge in [0, 0.05) is 11.8 Å². The van der Waals surface area contributed by atoms with E-state index in [0.717, 1.165) is 13.3 Å². The molecule has 0 rings (SSSR count). The van der Waals surface area contributed by atoms with E-state index in [0.29, 0.717) is 5.33 Å². The number of alkyl halides is 3. The van der Waals surface area contributed by atoms with Crippen LogP contribution in [-0.4, -0.2) is 11.3 Å². The van der Waals surface area contributed by atoms with E-state index < -0.39 is 5.92 Å². The summed E-state index contributed by atoms with van der Waals surface area (Å²) in [5.74, 6) is -2.54. The Morgan fingerprint density at radius 1 is 1.27 bits per heavy atom. The highest BCUT2D eigenvalue weighted by atomic mass is 79.9. The Morgan fingerprint density at radius 2 is 1.73 bits per heavy atom. The molecule has 1 unspecified atom stereocenters. The second kappa shape index (κ2) is 3.83. The van der Waals surface area contributed by atoms with E-state index in [-0.39, 0.29) is 11.8 Å². The monoisotopic (exact) mass is 228 g/mol. The van der Waals surface area contributed by atoms with E-state index in [9.17, 15) is 8.78 Å². The quantitative estimate of drug-likeness (QED) is 0.642. The van der Waals surface area contributed by atoms with Crippen LogP contribution in [0.25, 0.3) is 0 Å². The Hall–Kier alpha value is 0.340. The van der Waals surface area contributed by atoms with Crippen LogP contribution < -0.4 is 0 Å². The van der Waals surface area contributed by atoms with E-state index in [2.05, 4.69) is 15.9 Å².